The number of aromatic nitrogens is 1. The van der Waals surface area contributed by atoms with E-state index < -0.39 is 24.3 Å². The Morgan fingerprint density at radius 1 is 1.23 bits per heavy atom. The maximum absolute atomic E-state index is 12.0. The van der Waals surface area contributed by atoms with Gasteiger partial charge in [0.25, 0.3) is 0 Å². The van der Waals surface area contributed by atoms with Crippen molar-refractivity contribution in [1.82, 2.24) is 4.98 Å². The van der Waals surface area contributed by atoms with Crippen LogP contribution in [0.2, 0.25) is 0 Å². The van der Waals surface area contributed by atoms with Gasteiger partial charge in [-0.3, -0.25) is 4.98 Å². The van der Waals surface area contributed by atoms with Crippen LogP contribution < -0.4 is 5.59 Å². The van der Waals surface area contributed by atoms with Gasteiger partial charge < -0.3 is 18.5 Å². The number of carbonyl (C=O) groups is 1. The summed E-state index contributed by atoms with van der Waals surface area (Å²) in [6, 6.07) is 3.29. The van der Waals surface area contributed by atoms with Crippen LogP contribution in [0.1, 0.15) is 38.1 Å². The van der Waals surface area contributed by atoms with E-state index in [4.69, 9.17) is 18.5 Å². The summed E-state index contributed by atoms with van der Waals surface area (Å²) in [6.07, 6.45) is 1.48. The summed E-state index contributed by atoms with van der Waals surface area (Å²) < 4.78 is 22.1. The molecule has 22 heavy (non-hydrogen) atoms. The van der Waals surface area contributed by atoms with Crippen LogP contribution in [0.5, 0.6) is 0 Å². The molecular formula is C15H18BNO5. The summed E-state index contributed by atoms with van der Waals surface area (Å²) in [6.45, 7) is 7.85. The summed E-state index contributed by atoms with van der Waals surface area (Å²) in [5, 5.41) is 0. The van der Waals surface area contributed by atoms with Crippen molar-refractivity contribution in [3.63, 3.8) is 0 Å². The van der Waals surface area contributed by atoms with Gasteiger partial charge in [0.15, 0.2) is 5.58 Å². The number of fused-ring (bicyclic) bond motifs is 1. The minimum Gasteiger partial charge on any atom is -0.465 e. The van der Waals surface area contributed by atoms with Gasteiger partial charge in [-0.25, -0.2) is 4.79 Å². The van der Waals surface area contributed by atoms with Crippen molar-refractivity contribution < 1.29 is 23.3 Å². The lowest BCUT2D eigenvalue weighted by Crippen LogP contribution is -2.41. The number of methoxy groups -OCH3 is 1. The second-order valence-electron chi connectivity index (χ2n) is 6.31. The number of carbonyl (C=O) groups excluding carboxylic acids is 1. The van der Waals surface area contributed by atoms with E-state index in [1.54, 1.807) is 12.1 Å². The molecule has 3 rings (SSSR count). The third-order valence-corrected chi connectivity index (χ3v) is 4.33. The van der Waals surface area contributed by atoms with Crippen LogP contribution in [-0.2, 0) is 14.0 Å². The Balaban J connectivity index is 2.07. The summed E-state index contributed by atoms with van der Waals surface area (Å²) in [5.41, 5.74) is 0.835. The molecule has 2 aromatic rings. The largest absolute Gasteiger partial charge is 0.514 e. The molecule has 6 nitrogen and oxygen atoms in total. The molecule has 0 atom stereocenters. The highest BCUT2D eigenvalue weighted by Crippen LogP contribution is 2.36. The Hall–Kier alpha value is -1.86. The summed E-state index contributed by atoms with van der Waals surface area (Å²) in [4.78, 5) is 16.4. The van der Waals surface area contributed by atoms with Crippen LogP contribution in [0.25, 0.3) is 11.1 Å². The number of ether oxygens (including phenoxy) is 1. The molecule has 0 unspecified atom stereocenters. The number of furan rings is 1. The molecule has 1 fully saturated rings. The first-order valence-corrected chi connectivity index (χ1v) is 7.07. The Morgan fingerprint density at radius 3 is 2.45 bits per heavy atom. The number of rotatable bonds is 2. The van der Waals surface area contributed by atoms with E-state index in [2.05, 4.69) is 4.98 Å². The smallest absolute Gasteiger partial charge is 0.465 e. The first-order chi connectivity index (χ1) is 10.2. The molecule has 0 amide bonds. The predicted octanol–water partition coefficient (Wildman–Crippen LogP) is 1.91. The molecule has 1 aliphatic heterocycles. The number of hydrogen-bond acceptors (Lipinski definition) is 6. The van der Waals surface area contributed by atoms with E-state index in [0.29, 0.717) is 22.3 Å². The molecule has 0 spiro atoms. The maximum atomic E-state index is 12.0. The molecule has 0 radical (unpaired) electrons. The summed E-state index contributed by atoms with van der Waals surface area (Å²) in [7, 11) is 0.680. The van der Waals surface area contributed by atoms with Crippen molar-refractivity contribution >= 4 is 29.8 Å². The molecule has 7 heteroatoms. The van der Waals surface area contributed by atoms with Gasteiger partial charge in [-0.05, 0) is 33.8 Å². The zero-order chi connectivity index (χ0) is 16.1. The lowest BCUT2D eigenvalue weighted by molar-refractivity contribution is 0.00578. The highest BCUT2D eigenvalue weighted by atomic mass is 16.7. The third kappa shape index (κ3) is 2.21. The van der Waals surface area contributed by atoms with Crippen LogP contribution in [0, 0.1) is 0 Å². The highest BCUT2D eigenvalue weighted by molar-refractivity contribution is 6.61. The van der Waals surface area contributed by atoms with Crippen molar-refractivity contribution in [1.29, 1.82) is 0 Å². The molecular weight excluding hydrogens is 285 g/mol. The number of esters is 1. The molecule has 3 heterocycles. The maximum Gasteiger partial charge on any atom is 0.514 e. The monoisotopic (exact) mass is 303 g/mol. The quantitative estimate of drug-likeness (QED) is 0.623. The van der Waals surface area contributed by atoms with E-state index in [0.717, 1.165) is 0 Å². The standard InChI is InChI=1S/C15H18BNO5/c1-14(2)15(3,4)22-16(21-14)11-8-9(13(18)19-5)12-10(17-11)6-7-20-12/h6-8H,1-5H3. The summed E-state index contributed by atoms with van der Waals surface area (Å²) in [5.74, 6) is -0.486. The first-order valence-electron chi connectivity index (χ1n) is 7.07. The zero-order valence-electron chi connectivity index (χ0n) is 13.3. The van der Waals surface area contributed by atoms with Gasteiger partial charge in [0, 0.05) is 6.07 Å². The Labute approximate surface area is 128 Å². The third-order valence-electron chi connectivity index (χ3n) is 4.33. The molecule has 0 aliphatic carbocycles. The fourth-order valence-corrected chi connectivity index (χ4v) is 2.32. The fourth-order valence-electron chi connectivity index (χ4n) is 2.32. The lowest BCUT2D eigenvalue weighted by atomic mass is 9.83. The van der Waals surface area contributed by atoms with Crippen LogP contribution >= 0.6 is 0 Å². The molecule has 2 aromatic heterocycles. The molecule has 1 saturated heterocycles. The minimum absolute atomic E-state index is 0.308. The number of nitrogens with zero attached hydrogens (tertiary/aromatic N) is 1. The van der Waals surface area contributed by atoms with Crippen molar-refractivity contribution in [3.05, 3.63) is 24.0 Å². The first kappa shape index (κ1) is 15.1. The van der Waals surface area contributed by atoms with Crippen molar-refractivity contribution in [2.75, 3.05) is 7.11 Å². The van der Waals surface area contributed by atoms with Crippen LogP contribution in [-0.4, -0.2) is 36.4 Å². The number of pyridine rings is 1. The van der Waals surface area contributed by atoms with Crippen LogP contribution in [0.15, 0.2) is 22.8 Å². The topological polar surface area (TPSA) is 70.8 Å². The van der Waals surface area contributed by atoms with Crippen molar-refractivity contribution in [2.24, 2.45) is 0 Å². The predicted molar refractivity (Wildman–Crippen MR) is 81.1 cm³/mol. The van der Waals surface area contributed by atoms with E-state index in [1.165, 1.54) is 13.4 Å². The Bertz CT molecular complexity index is 721. The van der Waals surface area contributed by atoms with Gasteiger partial charge in [-0.1, -0.05) is 0 Å². The van der Waals surface area contributed by atoms with Gasteiger partial charge in [0.1, 0.15) is 11.1 Å². The minimum atomic E-state index is -0.646. The second kappa shape index (κ2) is 4.82. The SMILES string of the molecule is COC(=O)c1cc(B2OC(C)(C)C(C)(C)O2)nc2ccoc12. The second-order valence-corrected chi connectivity index (χ2v) is 6.31. The molecule has 116 valence electrons. The fraction of sp³-hybridized carbons (Fsp3) is 0.467. The molecule has 0 saturated carbocycles. The van der Waals surface area contributed by atoms with E-state index in [-0.39, 0.29) is 0 Å². The summed E-state index contributed by atoms with van der Waals surface area (Å²) >= 11 is 0. The van der Waals surface area contributed by atoms with Gasteiger partial charge in [0.05, 0.1) is 30.2 Å². The lowest BCUT2D eigenvalue weighted by Gasteiger charge is -2.32. The van der Waals surface area contributed by atoms with E-state index in [9.17, 15) is 4.79 Å². The van der Waals surface area contributed by atoms with Crippen molar-refractivity contribution in [3.8, 4) is 0 Å². The van der Waals surface area contributed by atoms with E-state index in [1.807, 2.05) is 27.7 Å². The highest BCUT2D eigenvalue weighted by Gasteiger charge is 2.52. The van der Waals surface area contributed by atoms with Crippen LogP contribution in [0.4, 0.5) is 0 Å². The van der Waals surface area contributed by atoms with Crippen LogP contribution in [0.3, 0.4) is 0 Å². The van der Waals surface area contributed by atoms with E-state index >= 15 is 0 Å². The average molecular weight is 303 g/mol. The zero-order valence-corrected chi connectivity index (χ0v) is 13.3. The Kier molecular flexibility index (Phi) is 3.30. The molecule has 0 aromatic carbocycles. The van der Waals surface area contributed by atoms with Gasteiger partial charge >= 0.3 is 13.1 Å². The Morgan fingerprint density at radius 2 is 1.86 bits per heavy atom. The van der Waals surface area contributed by atoms with Crippen molar-refractivity contribution in [2.45, 2.75) is 38.9 Å². The van der Waals surface area contributed by atoms with Gasteiger partial charge in [-0.2, -0.15) is 0 Å². The van der Waals surface area contributed by atoms with Gasteiger partial charge in [0.2, 0.25) is 0 Å². The molecule has 0 bridgehead atoms. The molecule has 1 aliphatic rings. The normalized spacial score (nSPS) is 19.6. The molecule has 0 N–H and O–H groups in total. The average Bonchev–Trinajstić information content (AvgIpc) is 2.99. The van der Waals surface area contributed by atoms with Gasteiger partial charge in [-0.15, -0.1) is 0 Å². The number of hydrogen-bond donors (Lipinski definition) is 0.